The van der Waals surface area contributed by atoms with Crippen molar-refractivity contribution in [1.29, 1.82) is 0 Å². The van der Waals surface area contributed by atoms with Crippen LogP contribution in [-0.2, 0) is 6.42 Å². The Kier molecular flexibility index (Phi) is 4.70. The van der Waals surface area contributed by atoms with Crippen LogP contribution in [0, 0.1) is 0 Å². The van der Waals surface area contributed by atoms with Crippen molar-refractivity contribution in [3.8, 4) is 0 Å². The Balaban J connectivity index is 2.05. The van der Waals surface area contributed by atoms with E-state index in [4.69, 9.17) is 5.11 Å². The Labute approximate surface area is 126 Å². The second-order valence-corrected chi connectivity index (χ2v) is 5.62. The molecular weight excluding hydrogens is 288 g/mol. The van der Waals surface area contributed by atoms with E-state index in [1.54, 1.807) is 23.3 Å². The van der Waals surface area contributed by atoms with Crippen molar-refractivity contribution in [2.24, 2.45) is 0 Å². The Hall–Kier alpha value is -2.21. The number of hydrogen-bond donors (Lipinski definition) is 1. The number of amides is 1. The number of thiophene rings is 1. The minimum atomic E-state index is -1.10. The van der Waals surface area contributed by atoms with Gasteiger partial charge in [-0.3, -0.25) is 4.79 Å². The number of aromatic nitrogens is 1. The smallest absolute Gasteiger partial charge is 0.354 e. The normalized spacial score (nSPS) is 11.9. The standard InChI is InChI=1S/C15H16N2O3S/c1-10(7-11-5-6-21-9-11)17(2)14(18)12-3-4-13(15(19)20)16-8-12/h3-6,8-10H,7H2,1-2H3,(H,19,20)/t10-/m1/s1. The van der Waals surface area contributed by atoms with Crippen molar-refractivity contribution in [2.75, 3.05) is 7.05 Å². The minimum absolute atomic E-state index is 0.0475. The molecule has 0 spiro atoms. The van der Waals surface area contributed by atoms with Crippen LogP contribution < -0.4 is 0 Å². The summed E-state index contributed by atoms with van der Waals surface area (Å²) in [4.78, 5) is 28.5. The molecule has 110 valence electrons. The van der Waals surface area contributed by atoms with Gasteiger partial charge in [-0.1, -0.05) is 0 Å². The zero-order chi connectivity index (χ0) is 15.4. The molecule has 0 radical (unpaired) electrons. The third-order valence-electron chi connectivity index (χ3n) is 3.32. The molecule has 0 aliphatic rings. The monoisotopic (exact) mass is 304 g/mol. The first-order chi connectivity index (χ1) is 9.99. The third kappa shape index (κ3) is 3.66. The molecule has 0 unspecified atom stereocenters. The van der Waals surface area contributed by atoms with Gasteiger partial charge in [0.05, 0.1) is 5.56 Å². The molecule has 0 bridgehead atoms. The summed E-state index contributed by atoms with van der Waals surface area (Å²) in [7, 11) is 1.74. The molecule has 1 N–H and O–H groups in total. The first kappa shape index (κ1) is 15.2. The van der Waals surface area contributed by atoms with Gasteiger partial charge < -0.3 is 10.0 Å². The van der Waals surface area contributed by atoms with Crippen molar-refractivity contribution >= 4 is 23.2 Å². The summed E-state index contributed by atoms with van der Waals surface area (Å²) in [6, 6.07) is 4.92. The summed E-state index contributed by atoms with van der Waals surface area (Å²) < 4.78 is 0. The number of carboxylic acids is 1. The topological polar surface area (TPSA) is 70.5 Å². The minimum Gasteiger partial charge on any atom is -0.477 e. The third-order valence-corrected chi connectivity index (χ3v) is 4.05. The van der Waals surface area contributed by atoms with Crippen molar-refractivity contribution in [2.45, 2.75) is 19.4 Å². The lowest BCUT2D eigenvalue weighted by Crippen LogP contribution is -2.36. The lowest BCUT2D eigenvalue weighted by molar-refractivity contribution is 0.0686. The number of aromatic carboxylic acids is 1. The zero-order valence-electron chi connectivity index (χ0n) is 11.8. The van der Waals surface area contributed by atoms with Gasteiger partial charge in [0.1, 0.15) is 5.69 Å². The van der Waals surface area contributed by atoms with E-state index in [0.717, 1.165) is 6.42 Å². The molecule has 2 aromatic rings. The van der Waals surface area contributed by atoms with Crippen LogP contribution in [0.2, 0.25) is 0 Å². The number of pyridine rings is 1. The van der Waals surface area contributed by atoms with E-state index in [9.17, 15) is 9.59 Å². The first-order valence-electron chi connectivity index (χ1n) is 6.46. The van der Waals surface area contributed by atoms with Crippen molar-refractivity contribution < 1.29 is 14.7 Å². The maximum Gasteiger partial charge on any atom is 0.354 e. The highest BCUT2D eigenvalue weighted by Gasteiger charge is 2.18. The maximum atomic E-state index is 12.3. The number of carbonyl (C=O) groups is 2. The van der Waals surface area contributed by atoms with E-state index < -0.39 is 5.97 Å². The van der Waals surface area contributed by atoms with E-state index in [-0.39, 0.29) is 17.6 Å². The predicted octanol–water partition coefficient (Wildman–Crippen LogP) is 2.54. The van der Waals surface area contributed by atoms with Gasteiger partial charge in [0.25, 0.3) is 5.91 Å². The molecule has 0 saturated heterocycles. The van der Waals surface area contributed by atoms with Crippen LogP contribution >= 0.6 is 11.3 Å². The number of rotatable bonds is 5. The molecule has 5 nitrogen and oxygen atoms in total. The van der Waals surface area contributed by atoms with Crippen molar-refractivity contribution in [1.82, 2.24) is 9.88 Å². The molecule has 2 rings (SSSR count). The van der Waals surface area contributed by atoms with Gasteiger partial charge in [-0.15, -0.1) is 0 Å². The Morgan fingerprint density at radius 1 is 1.38 bits per heavy atom. The van der Waals surface area contributed by atoms with Crippen LogP contribution in [0.25, 0.3) is 0 Å². The Morgan fingerprint density at radius 3 is 2.67 bits per heavy atom. The van der Waals surface area contributed by atoms with Gasteiger partial charge in [0.15, 0.2) is 0 Å². The van der Waals surface area contributed by atoms with Crippen LogP contribution in [0.3, 0.4) is 0 Å². The highest BCUT2D eigenvalue weighted by Crippen LogP contribution is 2.13. The molecular formula is C15H16N2O3S. The van der Waals surface area contributed by atoms with E-state index in [2.05, 4.69) is 10.4 Å². The quantitative estimate of drug-likeness (QED) is 0.921. The number of nitrogens with zero attached hydrogens (tertiary/aromatic N) is 2. The Morgan fingerprint density at radius 2 is 2.14 bits per heavy atom. The van der Waals surface area contributed by atoms with Crippen LogP contribution in [0.4, 0.5) is 0 Å². The largest absolute Gasteiger partial charge is 0.477 e. The van der Waals surface area contributed by atoms with E-state index in [0.29, 0.717) is 5.56 Å². The molecule has 1 atom stereocenters. The summed E-state index contributed by atoms with van der Waals surface area (Å²) >= 11 is 1.63. The van der Waals surface area contributed by atoms with Gasteiger partial charge in [-0.2, -0.15) is 11.3 Å². The molecule has 21 heavy (non-hydrogen) atoms. The van der Waals surface area contributed by atoms with Gasteiger partial charge >= 0.3 is 5.97 Å². The zero-order valence-corrected chi connectivity index (χ0v) is 12.6. The molecule has 2 aromatic heterocycles. The molecule has 2 heterocycles. The second kappa shape index (κ2) is 6.49. The molecule has 0 saturated carbocycles. The molecule has 1 amide bonds. The number of hydrogen-bond acceptors (Lipinski definition) is 4. The van der Waals surface area contributed by atoms with Crippen LogP contribution in [0.1, 0.15) is 33.3 Å². The van der Waals surface area contributed by atoms with Crippen molar-refractivity contribution in [3.63, 3.8) is 0 Å². The van der Waals surface area contributed by atoms with Crippen LogP contribution in [0.5, 0.6) is 0 Å². The maximum absolute atomic E-state index is 12.3. The van der Waals surface area contributed by atoms with E-state index in [1.807, 2.05) is 18.4 Å². The highest BCUT2D eigenvalue weighted by molar-refractivity contribution is 7.07. The summed E-state index contributed by atoms with van der Waals surface area (Å²) in [6.45, 7) is 1.98. The lowest BCUT2D eigenvalue weighted by atomic mass is 10.1. The number of likely N-dealkylation sites (N-methyl/N-ethyl adjacent to an activating group) is 1. The summed E-state index contributed by atoms with van der Waals surface area (Å²) in [5.74, 6) is -1.27. The summed E-state index contributed by atoms with van der Waals surface area (Å²) in [5, 5.41) is 12.9. The van der Waals surface area contributed by atoms with Gasteiger partial charge in [-0.25, -0.2) is 9.78 Å². The predicted molar refractivity (Wildman–Crippen MR) is 80.8 cm³/mol. The molecule has 6 heteroatoms. The highest BCUT2D eigenvalue weighted by atomic mass is 32.1. The average Bonchev–Trinajstić information content (AvgIpc) is 2.98. The SMILES string of the molecule is C[C@H](Cc1ccsc1)N(C)C(=O)c1ccc(C(=O)O)nc1. The fraction of sp³-hybridized carbons (Fsp3) is 0.267. The van der Waals surface area contributed by atoms with Crippen molar-refractivity contribution in [3.05, 3.63) is 52.0 Å². The molecule has 0 aliphatic carbocycles. The fourth-order valence-corrected chi connectivity index (χ4v) is 2.62. The Bertz CT molecular complexity index is 623. The van der Waals surface area contributed by atoms with Crippen LogP contribution in [-0.4, -0.2) is 40.0 Å². The number of carbonyl (C=O) groups excluding carboxylic acids is 1. The average molecular weight is 304 g/mol. The summed E-state index contributed by atoms with van der Waals surface area (Å²) in [5.41, 5.74) is 1.52. The molecule has 0 aromatic carbocycles. The van der Waals surface area contributed by atoms with Gasteiger partial charge in [-0.05, 0) is 47.9 Å². The summed E-state index contributed by atoms with van der Waals surface area (Å²) in [6.07, 6.45) is 2.09. The van der Waals surface area contributed by atoms with Gasteiger partial charge in [0, 0.05) is 19.3 Å². The van der Waals surface area contributed by atoms with E-state index >= 15 is 0 Å². The lowest BCUT2D eigenvalue weighted by Gasteiger charge is -2.24. The van der Waals surface area contributed by atoms with E-state index in [1.165, 1.54) is 23.9 Å². The molecule has 0 fully saturated rings. The number of carboxylic acid groups (broad SMARTS) is 1. The van der Waals surface area contributed by atoms with Gasteiger partial charge in [0.2, 0.25) is 0 Å². The fourth-order valence-electron chi connectivity index (χ4n) is 1.94. The van der Waals surface area contributed by atoms with Crippen LogP contribution in [0.15, 0.2) is 35.2 Å². The first-order valence-corrected chi connectivity index (χ1v) is 7.41. The second-order valence-electron chi connectivity index (χ2n) is 4.84. The molecule has 0 aliphatic heterocycles.